The molecule has 2 atom stereocenters. The van der Waals surface area contributed by atoms with Crippen LogP contribution in [0.1, 0.15) is 5.56 Å². The van der Waals surface area contributed by atoms with Gasteiger partial charge < -0.3 is 10.0 Å². The average molecular weight is 424 g/mol. The first-order chi connectivity index (χ1) is 13.5. The molecular weight excluding hydrogens is 402 g/mol. The molecule has 2 aromatic carbocycles. The third-order valence-electron chi connectivity index (χ3n) is 4.42. The average Bonchev–Trinajstić information content (AvgIpc) is 2.69. The largest absolute Gasteiger partial charge is 0.480 e. The van der Waals surface area contributed by atoms with Crippen molar-refractivity contribution in [1.82, 2.24) is 9.79 Å². The van der Waals surface area contributed by atoms with E-state index in [9.17, 15) is 14.1 Å². The van der Waals surface area contributed by atoms with E-state index in [0.717, 1.165) is 11.3 Å². The van der Waals surface area contributed by atoms with E-state index < -0.39 is 23.3 Å². The van der Waals surface area contributed by atoms with Gasteiger partial charge in [0.15, 0.2) is 0 Å². The van der Waals surface area contributed by atoms with Crippen LogP contribution in [0.25, 0.3) is 0 Å². The molecule has 7 nitrogen and oxygen atoms in total. The summed E-state index contributed by atoms with van der Waals surface area (Å²) in [5.74, 6) is -1.08. The molecule has 0 saturated carbocycles. The quantitative estimate of drug-likeness (QED) is 0.677. The fourth-order valence-corrected chi connectivity index (χ4v) is 3.86. The molecule has 2 N–H and O–H groups in total. The van der Waals surface area contributed by atoms with E-state index in [1.165, 1.54) is 0 Å². The third-order valence-corrected chi connectivity index (χ3v) is 5.50. The van der Waals surface area contributed by atoms with Gasteiger partial charge in [-0.05, 0) is 36.2 Å². The van der Waals surface area contributed by atoms with E-state index in [4.69, 9.17) is 15.9 Å². The van der Waals surface area contributed by atoms with Crippen molar-refractivity contribution in [3.05, 3.63) is 65.2 Å². The summed E-state index contributed by atoms with van der Waals surface area (Å²) in [5.41, 5.74) is 1.91. The Kier molecular flexibility index (Phi) is 7.41. The minimum absolute atomic E-state index is 0.218. The molecule has 1 aliphatic heterocycles. The number of anilines is 1. The van der Waals surface area contributed by atoms with Crippen LogP contribution in [0.15, 0.2) is 54.6 Å². The van der Waals surface area contributed by atoms with E-state index in [0.29, 0.717) is 31.2 Å². The van der Waals surface area contributed by atoms with Crippen LogP contribution in [-0.4, -0.2) is 52.6 Å². The summed E-state index contributed by atoms with van der Waals surface area (Å²) in [7, 11) is 0. The van der Waals surface area contributed by atoms with Gasteiger partial charge in [-0.25, -0.2) is 4.21 Å². The van der Waals surface area contributed by atoms with Crippen LogP contribution in [-0.2, 0) is 26.8 Å². The minimum atomic E-state index is -1.94. The molecule has 9 heteroatoms. The number of rotatable bonds is 8. The monoisotopic (exact) mass is 423 g/mol. The number of piperazine rings is 1. The summed E-state index contributed by atoms with van der Waals surface area (Å²) in [6.45, 7) is 2.50. The Morgan fingerprint density at radius 1 is 1.11 bits per heavy atom. The zero-order valence-corrected chi connectivity index (χ0v) is 16.7. The van der Waals surface area contributed by atoms with Crippen molar-refractivity contribution in [2.75, 3.05) is 31.1 Å². The third kappa shape index (κ3) is 6.02. The van der Waals surface area contributed by atoms with E-state index in [1.54, 1.807) is 5.06 Å². The molecule has 0 radical (unpaired) electrons. The highest BCUT2D eigenvalue weighted by atomic mass is 35.5. The number of nitrogens with zero attached hydrogens (tertiary/aromatic N) is 2. The van der Waals surface area contributed by atoms with Gasteiger partial charge in [-0.3, -0.25) is 4.79 Å². The van der Waals surface area contributed by atoms with Gasteiger partial charge in [0.05, 0.1) is 0 Å². The maximum Gasteiger partial charge on any atom is 0.322 e. The second-order valence-electron chi connectivity index (χ2n) is 6.40. The first kappa shape index (κ1) is 20.8. The highest BCUT2D eigenvalue weighted by molar-refractivity contribution is 7.78. The van der Waals surface area contributed by atoms with Crippen molar-refractivity contribution < 1.29 is 18.4 Å². The van der Waals surface area contributed by atoms with Gasteiger partial charge in [0.2, 0.25) is 0 Å². The number of aliphatic carboxylic acids is 1. The molecule has 1 aliphatic rings. The van der Waals surface area contributed by atoms with Gasteiger partial charge in [0.25, 0.3) is 11.3 Å². The number of halogens is 1. The van der Waals surface area contributed by atoms with Crippen LogP contribution < -0.4 is 9.62 Å². The van der Waals surface area contributed by atoms with Crippen LogP contribution in [0.3, 0.4) is 0 Å². The van der Waals surface area contributed by atoms with Crippen molar-refractivity contribution >= 4 is 34.5 Å². The molecule has 1 fully saturated rings. The summed E-state index contributed by atoms with van der Waals surface area (Å²) >= 11 is 3.97. The summed E-state index contributed by atoms with van der Waals surface area (Å²) in [6.07, 6.45) is 0.218. The molecule has 3 rings (SSSR count). The second-order valence-corrected chi connectivity index (χ2v) is 7.69. The molecule has 1 saturated heterocycles. The van der Waals surface area contributed by atoms with Crippen LogP contribution in [0.2, 0.25) is 5.02 Å². The molecule has 0 aliphatic carbocycles. The molecule has 2 unspecified atom stereocenters. The van der Waals surface area contributed by atoms with E-state index in [-0.39, 0.29) is 6.42 Å². The van der Waals surface area contributed by atoms with E-state index >= 15 is 0 Å². The number of hydrogen-bond acceptors (Lipinski definition) is 5. The lowest BCUT2D eigenvalue weighted by atomic mass is 10.1. The van der Waals surface area contributed by atoms with Gasteiger partial charge in [-0.1, -0.05) is 41.9 Å². The number of hydrogen-bond donors (Lipinski definition) is 2. The van der Waals surface area contributed by atoms with Gasteiger partial charge in [0, 0.05) is 36.9 Å². The smallest absolute Gasteiger partial charge is 0.322 e. The second kappa shape index (κ2) is 9.99. The Morgan fingerprint density at radius 2 is 1.75 bits per heavy atom. The Morgan fingerprint density at radius 3 is 2.36 bits per heavy atom. The summed E-state index contributed by atoms with van der Waals surface area (Å²) < 4.78 is 20.2. The van der Waals surface area contributed by atoms with Crippen LogP contribution in [0.5, 0.6) is 0 Å². The molecule has 150 valence electrons. The van der Waals surface area contributed by atoms with Crippen molar-refractivity contribution in [1.29, 1.82) is 0 Å². The minimum Gasteiger partial charge on any atom is -0.480 e. The highest BCUT2D eigenvalue weighted by Gasteiger charge is 2.24. The van der Waals surface area contributed by atoms with E-state index in [1.807, 2.05) is 54.6 Å². The lowest BCUT2D eigenvalue weighted by Gasteiger charge is -2.34. The van der Waals surface area contributed by atoms with Gasteiger partial charge in [-0.2, -0.15) is 14.1 Å². The van der Waals surface area contributed by atoms with Crippen LogP contribution in [0, 0.1) is 0 Å². The fraction of sp³-hybridized carbons (Fsp3) is 0.316. The number of carbonyl (C=O) groups is 1. The normalized spacial score (nSPS) is 17.2. The molecule has 1 heterocycles. The van der Waals surface area contributed by atoms with Gasteiger partial charge in [-0.15, -0.1) is 0 Å². The van der Waals surface area contributed by atoms with Gasteiger partial charge >= 0.3 is 5.97 Å². The number of benzene rings is 2. The maximum atomic E-state index is 12.2. The zero-order chi connectivity index (χ0) is 19.9. The van der Waals surface area contributed by atoms with Crippen molar-refractivity contribution in [2.24, 2.45) is 0 Å². The molecule has 2 aromatic rings. The summed E-state index contributed by atoms with van der Waals surface area (Å²) in [5, 5.41) is 11.7. The molecule has 0 amide bonds. The summed E-state index contributed by atoms with van der Waals surface area (Å²) in [4.78, 5) is 13.7. The Bertz CT molecular complexity index is 799. The first-order valence-corrected chi connectivity index (χ1v) is 10.3. The molecule has 0 bridgehead atoms. The predicted octanol–water partition coefficient (Wildman–Crippen LogP) is 2.26. The molecule has 0 aromatic heterocycles. The van der Waals surface area contributed by atoms with Gasteiger partial charge in [0.1, 0.15) is 6.04 Å². The fourth-order valence-electron chi connectivity index (χ4n) is 2.94. The standard InChI is InChI=1S/C19H22ClN3O4S/c20-16-6-8-17(9-7-16)22-10-12-23(13-11-22)27-28(26)21-18(19(24)25)14-15-4-2-1-3-5-15/h1-9,18,21H,10-14H2,(H,24,25). The SMILES string of the molecule is O=C(O)C(Cc1ccccc1)NS(=O)ON1CCN(c2ccc(Cl)cc2)CC1. The first-order valence-electron chi connectivity index (χ1n) is 8.90. The number of carboxylic acid groups (broad SMARTS) is 1. The highest BCUT2D eigenvalue weighted by Crippen LogP contribution is 2.19. The number of carboxylic acids is 1. The Balaban J connectivity index is 1.48. The maximum absolute atomic E-state index is 12.2. The zero-order valence-electron chi connectivity index (χ0n) is 15.2. The summed E-state index contributed by atoms with van der Waals surface area (Å²) in [6, 6.07) is 15.8. The molecule has 0 spiro atoms. The number of nitrogens with one attached hydrogen (secondary N) is 1. The van der Waals surface area contributed by atoms with E-state index in [2.05, 4.69) is 9.62 Å². The van der Waals surface area contributed by atoms with Crippen molar-refractivity contribution in [2.45, 2.75) is 12.5 Å². The van der Waals surface area contributed by atoms with Crippen LogP contribution in [0.4, 0.5) is 5.69 Å². The van der Waals surface area contributed by atoms with Crippen LogP contribution >= 0.6 is 11.6 Å². The lowest BCUT2D eigenvalue weighted by Crippen LogP contribution is -2.48. The predicted molar refractivity (Wildman–Crippen MR) is 109 cm³/mol. The van der Waals surface area contributed by atoms with Crippen molar-refractivity contribution in [3.8, 4) is 0 Å². The molecule has 28 heavy (non-hydrogen) atoms. The Hall–Kier alpha value is -1.97. The molecular formula is C19H22ClN3O4S. The Labute approximate surface area is 171 Å². The van der Waals surface area contributed by atoms with Crippen molar-refractivity contribution in [3.63, 3.8) is 0 Å². The topological polar surface area (TPSA) is 82.1 Å². The number of hydroxylamine groups is 2. The lowest BCUT2D eigenvalue weighted by molar-refractivity contribution is -0.139.